The third kappa shape index (κ3) is 7.74. The van der Waals surface area contributed by atoms with Crippen molar-refractivity contribution in [2.45, 2.75) is 26.9 Å². The van der Waals surface area contributed by atoms with Crippen LogP contribution >= 0.6 is 0 Å². The highest BCUT2D eigenvalue weighted by atomic mass is 16.5. The second-order valence-electron chi connectivity index (χ2n) is 3.38. The maximum atomic E-state index is 10.5. The van der Waals surface area contributed by atoms with Crippen molar-refractivity contribution in [1.82, 2.24) is 0 Å². The van der Waals surface area contributed by atoms with Crippen LogP contribution in [0.5, 0.6) is 0 Å². The van der Waals surface area contributed by atoms with Gasteiger partial charge >= 0.3 is 0 Å². The molecule has 0 bridgehead atoms. The van der Waals surface area contributed by atoms with Crippen molar-refractivity contribution in [3.63, 3.8) is 0 Å². The van der Waals surface area contributed by atoms with Crippen LogP contribution in [0.2, 0.25) is 0 Å². The Morgan fingerprint density at radius 3 is 2.38 bits per heavy atom. The van der Waals surface area contributed by atoms with Gasteiger partial charge in [-0.2, -0.15) is 0 Å². The maximum Gasteiger partial charge on any atom is 0.246 e. The minimum Gasteiger partial charge on any atom is -0.379 e. The molecule has 0 saturated carbocycles. The molecular formula is C9H19NO3. The zero-order valence-corrected chi connectivity index (χ0v) is 8.58. The van der Waals surface area contributed by atoms with Gasteiger partial charge in [-0.15, -0.1) is 0 Å². The molecular weight excluding hydrogens is 170 g/mol. The van der Waals surface area contributed by atoms with Gasteiger partial charge in [-0.25, -0.2) is 0 Å². The number of ether oxygens (including phenoxy) is 2. The monoisotopic (exact) mass is 189 g/mol. The molecule has 0 aliphatic heterocycles. The van der Waals surface area contributed by atoms with E-state index < -0.39 is 12.0 Å². The zero-order valence-electron chi connectivity index (χ0n) is 8.58. The molecule has 4 heteroatoms. The van der Waals surface area contributed by atoms with Crippen molar-refractivity contribution in [2.24, 2.45) is 11.7 Å². The van der Waals surface area contributed by atoms with Crippen LogP contribution in [-0.2, 0) is 14.3 Å². The molecule has 0 rings (SSSR count). The van der Waals surface area contributed by atoms with Gasteiger partial charge in [0, 0.05) is 6.61 Å². The van der Waals surface area contributed by atoms with Crippen LogP contribution in [0, 0.1) is 5.92 Å². The van der Waals surface area contributed by atoms with E-state index in [0.29, 0.717) is 25.7 Å². The Kier molecular flexibility index (Phi) is 6.54. The lowest BCUT2D eigenvalue weighted by molar-refractivity contribution is -0.129. The van der Waals surface area contributed by atoms with Crippen molar-refractivity contribution in [2.75, 3.05) is 19.8 Å². The molecule has 2 N–H and O–H groups in total. The number of nitrogens with two attached hydrogens (primary N) is 1. The average molecular weight is 189 g/mol. The third-order valence-electron chi connectivity index (χ3n) is 1.45. The summed E-state index contributed by atoms with van der Waals surface area (Å²) in [7, 11) is 0. The van der Waals surface area contributed by atoms with Crippen molar-refractivity contribution in [3.05, 3.63) is 0 Å². The van der Waals surface area contributed by atoms with E-state index in [1.54, 1.807) is 6.92 Å². The maximum absolute atomic E-state index is 10.5. The van der Waals surface area contributed by atoms with Gasteiger partial charge in [0.05, 0.1) is 13.2 Å². The predicted molar refractivity (Wildman–Crippen MR) is 50.3 cm³/mol. The van der Waals surface area contributed by atoms with E-state index in [9.17, 15) is 4.79 Å². The third-order valence-corrected chi connectivity index (χ3v) is 1.45. The highest BCUT2D eigenvalue weighted by molar-refractivity contribution is 5.78. The largest absolute Gasteiger partial charge is 0.379 e. The Labute approximate surface area is 79.4 Å². The molecule has 0 aliphatic rings. The quantitative estimate of drug-likeness (QED) is 0.595. The Morgan fingerprint density at radius 1 is 1.31 bits per heavy atom. The molecule has 0 fully saturated rings. The van der Waals surface area contributed by atoms with E-state index in [-0.39, 0.29) is 0 Å². The van der Waals surface area contributed by atoms with Crippen molar-refractivity contribution in [1.29, 1.82) is 0 Å². The van der Waals surface area contributed by atoms with Gasteiger partial charge in [-0.1, -0.05) is 13.8 Å². The number of carbonyl (C=O) groups excluding carboxylic acids is 1. The van der Waals surface area contributed by atoms with Gasteiger partial charge in [0.2, 0.25) is 5.91 Å². The highest BCUT2D eigenvalue weighted by Crippen LogP contribution is 1.93. The molecule has 1 atom stereocenters. The number of carbonyl (C=O) groups is 1. The first-order valence-electron chi connectivity index (χ1n) is 4.52. The van der Waals surface area contributed by atoms with Gasteiger partial charge in [0.1, 0.15) is 6.10 Å². The van der Waals surface area contributed by atoms with E-state index in [1.165, 1.54) is 0 Å². The molecule has 0 saturated heterocycles. The van der Waals surface area contributed by atoms with Crippen LogP contribution in [0.4, 0.5) is 0 Å². The van der Waals surface area contributed by atoms with E-state index in [1.807, 2.05) is 0 Å². The Hall–Kier alpha value is -0.610. The average Bonchev–Trinajstić information content (AvgIpc) is 2.02. The number of rotatable bonds is 7. The molecule has 0 aromatic carbocycles. The van der Waals surface area contributed by atoms with E-state index in [0.717, 1.165) is 0 Å². The molecule has 1 unspecified atom stereocenters. The van der Waals surface area contributed by atoms with Crippen molar-refractivity contribution in [3.8, 4) is 0 Å². The van der Waals surface area contributed by atoms with Crippen molar-refractivity contribution < 1.29 is 14.3 Å². The van der Waals surface area contributed by atoms with Crippen molar-refractivity contribution >= 4 is 5.91 Å². The van der Waals surface area contributed by atoms with E-state index in [4.69, 9.17) is 15.2 Å². The van der Waals surface area contributed by atoms with Crippen LogP contribution in [0.3, 0.4) is 0 Å². The normalized spacial score (nSPS) is 13.2. The first-order chi connectivity index (χ1) is 6.04. The summed E-state index contributed by atoms with van der Waals surface area (Å²) in [6.45, 7) is 7.42. The molecule has 78 valence electrons. The minimum atomic E-state index is -0.525. The van der Waals surface area contributed by atoms with Crippen LogP contribution in [0.15, 0.2) is 0 Å². The lowest BCUT2D eigenvalue weighted by atomic mass is 10.2. The van der Waals surface area contributed by atoms with Crippen LogP contribution in [-0.4, -0.2) is 31.8 Å². The summed E-state index contributed by atoms with van der Waals surface area (Å²) in [6, 6.07) is 0. The lowest BCUT2D eigenvalue weighted by Crippen LogP contribution is -2.29. The lowest BCUT2D eigenvalue weighted by Gasteiger charge is -2.10. The van der Waals surface area contributed by atoms with Gasteiger partial charge < -0.3 is 15.2 Å². The summed E-state index contributed by atoms with van der Waals surface area (Å²) < 4.78 is 10.3. The second-order valence-corrected chi connectivity index (χ2v) is 3.38. The molecule has 0 radical (unpaired) electrons. The summed E-state index contributed by atoms with van der Waals surface area (Å²) in [5.74, 6) is 0.0809. The summed E-state index contributed by atoms with van der Waals surface area (Å²) in [6.07, 6.45) is -0.525. The highest BCUT2D eigenvalue weighted by Gasteiger charge is 2.07. The fourth-order valence-electron chi connectivity index (χ4n) is 0.685. The molecule has 0 aromatic rings. The molecule has 4 nitrogen and oxygen atoms in total. The predicted octanol–water partition coefficient (Wildman–Crippen LogP) is 0.549. The minimum absolute atomic E-state index is 0.414. The zero-order chi connectivity index (χ0) is 10.3. The number of hydrogen-bond donors (Lipinski definition) is 1. The molecule has 13 heavy (non-hydrogen) atoms. The Bertz CT molecular complexity index is 148. The molecule has 0 aliphatic carbocycles. The van der Waals surface area contributed by atoms with Gasteiger partial charge in [-0.3, -0.25) is 4.79 Å². The summed E-state index contributed by atoms with van der Waals surface area (Å²) in [5.41, 5.74) is 4.99. The number of primary amides is 1. The molecule has 0 spiro atoms. The van der Waals surface area contributed by atoms with Gasteiger partial charge in [-0.05, 0) is 12.8 Å². The van der Waals surface area contributed by atoms with Crippen LogP contribution < -0.4 is 5.73 Å². The Balaban J connectivity index is 3.21. The molecule has 0 aromatic heterocycles. The number of amides is 1. The summed E-state index contributed by atoms with van der Waals surface area (Å²) in [5, 5.41) is 0. The smallest absolute Gasteiger partial charge is 0.246 e. The SMILES string of the molecule is CC(C)COCCOC(C)C(N)=O. The number of hydrogen-bond acceptors (Lipinski definition) is 3. The molecule has 1 amide bonds. The molecule has 0 heterocycles. The fourth-order valence-corrected chi connectivity index (χ4v) is 0.685. The first-order valence-corrected chi connectivity index (χ1v) is 4.52. The van der Waals surface area contributed by atoms with Gasteiger partial charge in [0.25, 0.3) is 0 Å². The summed E-state index contributed by atoms with van der Waals surface area (Å²) in [4.78, 5) is 10.5. The summed E-state index contributed by atoms with van der Waals surface area (Å²) >= 11 is 0. The Morgan fingerprint density at radius 2 is 1.92 bits per heavy atom. The van der Waals surface area contributed by atoms with E-state index in [2.05, 4.69) is 13.8 Å². The van der Waals surface area contributed by atoms with Gasteiger partial charge in [0.15, 0.2) is 0 Å². The fraction of sp³-hybridized carbons (Fsp3) is 0.889. The topological polar surface area (TPSA) is 61.6 Å². The van der Waals surface area contributed by atoms with Crippen LogP contribution in [0.25, 0.3) is 0 Å². The van der Waals surface area contributed by atoms with E-state index >= 15 is 0 Å². The second kappa shape index (κ2) is 6.86. The standard InChI is InChI=1S/C9H19NO3/c1-7(2)6-12-4-5-13-8(3)9(10)11/h7-8H,4-6H2,1-3H3,(H2,10,11). The first kappa shape index (κ1) is 12.4. The van der Waals surface area contributed by atoms with Crippen LogP contribution in [0.1, 0.15) is 20.8 Å².